The van der Waals surface area contributed by atoms with E-state index in [-0.39, 0.29) is 11.9 Å². The lowest BCUT2D eigenvalue weighted by Gasteiger charge is -2.15. The monoisotopic (exact) mass is 293 g/mol. The van der Waals surface area contributed by atoms with E-state index in [0.717, 1.165) is 16.9 Å². The number of aryl methyl sites for hydroxylation is 1. The van der Waals surface area contributed by atoms with Crippen molar-refractivity contribution in [2.75, 3.05) is 7.11 Å². The van der Waals surface area contributed by atoms with E-state index < -0.39 is 0 Å². The average molecular weight is 294 g/mol. The second-order valence-corrected chi connectivity index (χ2v) is 5.21. The fourth-order valence-corrected chi connectivity index (χ4v) is 2.30. The van der Waals surface area contributed by atoms with Crippen molar-refractivity contribution in [2.24, 2.45) is 5.73 Å². The van der Waals surface area contributed by atoms with Gasteiger partial charge in [-0.3, -0.25) is 0 Å². The van der Waals surface area contributed by atoms with Crippen LogP contribution in [0.4, 0.5) is 4.39 Å². The molecule has 0 radical (unpaired) electrons. The number of ether oxygens (including phenoxy) is 1. The van der Waals surface area contributed by atoms with Gasteiger partial charge >= 0.3 is 0 Å². The average Bonchev–Trinajstić information content (AvgIpc) is 2.42. The summed E-state index contributed by atoms with van der Waals surface area (Å²) in [4.78, 5) is 0. The zero-order valence-corrected chi connectivity index (χ0v) is 12.2. The molecule has 0 fully saturated rings. The van der Waals surface area contributed by atoms with E-state index in [4.69, 9.17) is 22.1 Å². The first-order chi connectivity index (χ1) is 9.51. The lowest BCUT2D eigenvalue weighted by Crippen LogP contribution is -2.14. The topological polar surface area (TPSA) is 35.2 Å². The molecule has 0 amide bonds. The van der Waals surface area contributed by atoms with Crippen LogP contribution in [-0.2, 0) is 6.42 Å². The summed E-state index contributed by atoms with van der Waals surface area (Å²) in [6.45, 7) is 1.73. The van der Waals surface area contributed by atoms with E-state index in [1.54, 1.807) is 32.2 Å². The van der Waals surface area contributed by atoms with Crippen molar-refractivity contribution in [3.63, 3.8) is 0 Å². The molecule has 0 aliphatic heterocycles. The van der Waals surface area contributed by atoms with E-state index in [0.29, 0.717) is 17.0 Å². The van der Waals surface area contributed by atoms with Crippen LogP contribution in [0.15, 0.2) is 36.4 Å². The van der Waals surface area contributed by atoms with Crippen molar-refractivity contribution in [1.29, 1.82) is 0 Å². The molecule has 0 saturated carbocycles. The number of hydrogen-bond acceptors (Lipinski definition) is 2. The molecule has 0 aliphatic rings. The maximum Gasteiger partial charge on any atom is 0.126 e. The standard InChI is InChI=1S/C16H17ClFNO/c1-10-3-4-11(8-14(10)18)15(19)9-12-7-13(17)5-6-16(12)20-2/h3-8,15H,9,19H2,1-2H3. The molecule has 1 atom stereocenters. The van der Waals surface area contributed by atoms with Crippen molar-refractivity contribution in [3.8, 4) is 5.75 Å². The van der Waals surface area contributed by atoms with Gasteiger partial charge in [-0.05, 0) is 54.3 Å². The van der Waals surface area contributed by atoms with Crippen LogP contribution in [0.2, 0.25) is 5.02 Å². The molecule has 20 heavy (non-hydrogen) atoms. The maximum atomic E-state index is 13.6. The third-order valence-electron chi connectivity index (χ3n) is 3.31. The summed E-state index contributed by atoms with van der Waals surface area (Å²) < 4.78 is 18.9. The predicted molar refractivity (Wildman–Crippen MR) is 79.8 cm³/mol. The molecule has 2 aromatic carbocycles. The van der Waals surface area contributed by atoms with Gasteiger partial charge in [0.1, 0.15) is 11.6 Å². The van der Waals surface area contributed by atoms with Gasteiger partial charge in [0.2, 0.25) is 0 Å². The van der Waals surface area contributed by atoms with Crippen LogP contribution in [0.5, 0.6) is 5.75 Å². The molecule has 1 unspecified atom stereocenters. The highest BCUT2D eigenvalue weighted by Gasteiger charge is 2.12. The molecule has 2 nitrogen and oxygen atoms in total. The Hall–Kier alpha value is -1.58. The van der Waals surface area contributed by atoms with Gasteiger partial charge in [0.25, 0.3) is 0 Å². The summed E-state index contributed by atoms with van der Waals surface area (Å²) in [5.74, 6) is 0.494. The Morgan fingerprint density at radius 1 is 1.25 bits per heavy atom. The quantitative estimate of drug-likeness (QED) is 0.923. The molecule has 0 aliphatic carbocycles. The zero-order valence-electron chi connectivity index (χ0n) is 11.5. The number of halogens is 2. The Morgan fingerprint density at radius 3 is 2.65 bits per heavy atom. The van der Waals surface area contributed by atoms with E-state index in [9.17, 15) is 4.39 Å². The molecule has 0 saturated heterocycles. The Balaban J connectivity index is 2.24. The van der Waals surface area contributed by atoms with Crippen molar-refractivity contribution >= 4 is 11.6 Å². The summed E-state index contributed by atoms with van der Waals surface area (Å²) >= 11 is 5.99. The first kappa shape index (κ1) is 14.8. The number of nitrogens with two attached hydrogens (primary N) is 1. The minimum absolute atomic E-state index is 0.240. The molecule has 0 aromatic heterocycles. The number of methoxy groups -OCH3 is 1. The molecular weight excluding hydrogens is 277 g/mol. The van der Waals surface area contributed by atoms with Gasteiger partial charge in [0, 0.05) is 11.1 Å². The van der Waals surface area contributed by atoms with Crippen molar-refractivity contribution in [3.05, 3.63) is 63.9 Å². The third kappa shape index (κ3) is 3.30. The van der Waals surface area contributed by atoms with Crippen LogP contribution in [0.3, 0.4) is 0 Å². The fraction of sp³-hybridized carbons (Fsp3) is 0.250. The number of hydrogen-bond donors (Lipinski definition) is 1. The number of benzene rings is 2. The lowest BCUT2D eigenvalue weighted by molar-refractivity contribution is 0.408. The molecule has 4 heteroatoms. The minimum atomic E-state index is -0.308. The summed E-state index contributed by atoms with van der Waals surface area (Å²) in [6, 6.07) is 10.2. The second kappa shape index (κ2) is 6.25. The summed E-state index contributed by atoms with van der Waals surface area (Å²) in [7, 11) is 1.60. The summed E-state index contributed by atoms with van der Waals surface area (Å²) in [5, 5.41) is 0.628. The Kier molecular flexibility index (Phi) is 4.63. The number of rotatable bonds is 4. The predicted octanol–water partition coefficient (Wildman–Crippen LogP) is 4.04. The van der Waals surface area contributed by atoms with Gasteiger partial charge in [-0.2, -0.15) is 0 Å². The zero-order chi connectivity index (χ0) is 14.7. The van der Waals surface area contributed by atoms with Gasteiger partial charge < -0.3 is 10.5 Å². The van der Waals surface area contributed by atoms with Crippen molar-refractivity contribution in [2.45, 2.75) is 19.4 Å². The molecule has 2 rings (SSSR count). The highest BCUT2D eigenvalue weighted by molar-refractivity contribution is 6.30. The van der Waals surface area contributed by atoms with Gasteiger partial charge in [-0.15, -0.1) is 0 Å². The van der Waals surface area contributed by atoms with E-state index in [1.807, 2.05) is 12.1 Å². The summed E-state index contributed by atoms with van der Waals surface area (Å²) in [6.07, 6.45) is 0.534. The van der Waals surface area contributed by atoms with Crippen LogP contribution >= 0.6 is 11.6 Å². The highest BCUT2D eigenvalue weighted by Crippen LogP contribution is 2.27. The normalized spacial score (nSPS) is 12.2. The van der Waals surface area contributed by atoms with Crippen molar-refractivity contribution in [1.82, 2.24) is 0 Å². The molecule has 0 heterocycles. The third-order valence-corrected chi connectivity index (χ3v) is 3.54. The van der Waals surface area contributed by atoms with Crippen LogP contribution < -0.4 is 10.5 Å². The van der Waals surface area contributed by atoms with Crippen LogP contribution in [0, 0.1) is 12.7 Å². The minimum Gasteiger partial charge on any atom is -0.496 e. The van der Waals surface area contributed by atoms with E-state index in [1.165, 1.54) is 6.07 Å². The SMILES string of the molecule is COc1ccc(Cl)cc1CC(N)c1ccc(C)c(F)c1. The van der Waals surface area contributed by atoms with Crippen LogP contribution in [0.25, 0.3) is 0 Å². The lowest BCUT2D eigenvalue weighted by atomic mass is 9.98. The molecule has 0 spiro atoms. The first-order valence-electron chi connectivity index (χ1n) is 6.35. The first-order valence-corrected chi connectivity index (χ1v) is 6.73. The van der Waals surface area contributed by atoms with Crippen molar-refractivity contribution < 1.29 is 9.13 Å². The van der Waals surface area contributed by atoms with E-state index >= 15 is 0 Å². The van der Waals surface area contributed by atoms with Gasteiger partial charge in [0.05, 0.1) is 7.11 Å². The summed E-state index contributed by atoms with van der Waals surface area (Å²) in [5.41, 5.74) is 8.44. The Morgan fingerprint density at radius 2 is 2.00 bits per heavy atom. The Bertz CT molecular complexity index is 615. The maximum absolute atomic E-state index is 13.6. The van der Waals surface area contributed by atoms with Gasteiger partial charge in [-0.1, -0.05) is 23.7 Å². The van der Waals surface area contributed by atoms with E-state index in [2.05, 4.69) is 0 Å². The van der Waals surface area contributed by atoms with Gasteiger partial charge in [0.15, 0.2) is 0 Å². The van der Waals surface area contributed by atoms with Gasteiger partial charge in [-0.25, -0.2) is 4.39 Å². The second-order valence-electron chi connectivity index (χ2n) is 4.78. The smallest absolute Gasteiger partial charge is 0.126 e. The Labute approximate surface area is 123 Å². The molecular formula is C16H17ClFNO. The largest absolute Gasteiger partial charge is 0.496 e. The molecule has 2 N–H and O–H groups in total. The molecule has 0 bridgehead atoms. The molecule has 106 valence electrons. The molecule has 2 aromatic rings. The van der Waals surface area contributed by atoms with Crippen LogP contribution in [-0.4, -0.2) is 7.11 Å². The fourth-order valence-electron chi connectivity index (χ4n) is 2.10. The highest BCUT2D eigenvalue weighted by atomic mass is 35.5. The van der Waals surface area contributed by atoms with Crippen LogP contribution in [0.1, 0.15) is 22.7 Å².